The summed E-state index contributed by atoms with van der Waals surface area (Å²) < 4.78 is 5.83. The molecule has 0 amide bonds. The Balaban J connectivity index is 1.26. The van der Waals surface area contributed by atoms with E-state index in [1.807, 2.05) is 0 Å². The zero-order valence-electron chi connectivity index (χ0n) is 12.0. The molecule has 0 fully saturated rings. The smallest absolute Gasteiger partial charge is 0.0506 e. The van der Waals surface area contributed by atoms with E-state index in [4.69, 9.17) is 4.74 Å². The van der Waals surface area contributed by atoms with Crippen LogP contribution in [-0.4, -0.2) is 13.2 Å². The maximum Gasteiger partial charge on any atom is 0.0506 e. The zero-order chi connectivity index (χ0) is 14.1. The molecule has 0 saturated heterocycles. The summed E-state index contributed by atoms with van der Waals surface area (Å²) in [5, 5.41) is 0. The minimum absolute atomic E-state index is 0.801. The van der Waals surface area contributed by atoms with Gasteiger partial charge in [0.1, 0.15) is 0 Å². The van der Waals surface area contributed by atoms with Crippen molar-refractivity contribution in [2.24, 2.45) is 0 Å². The van der Waals surface area contributed by atoms with Crippen molar-refractivity contribution in [1.29, 1.82) is 0 Å². The fourth-order valence-electron chi connectivity index (χ4n) is 3.02. The van der Waals surface area contributed by atoms with Crippen LogP contribution in [0.2, 0.25) is 0 Å². The molecule has 21 heavy (non-hydrogen) atoms. The molecule has 2 aromatic carbocycles. The van der Waals surface area contributed by atoms with Gasteiger partial charge in [0.05, 0.1) is 13.2 Å². The van der Waals surface area contributed by atoms with Gasteiger partial charge in [0.2, 0.25) is 0 Å². The topological polar surface area (TPSA) is 9.23 Å². The van der Waals surface area contributed by atoms with Crippen LogP contribution in [0.1, 0.15) is 33.4 Å². The van der Waals surface area contributed by atoms with Crippen LogP contribution in [-0.2, 0) is 17.6 Å². The lowest BCUT2D eigenvalue weighted by Crippen LogP contribution is -2.07. The largest absolute Gasteiger partial charge is 0.381 e. The van der Waals surface area contributed by atoms with Crippen molar-refractivity contribution in [2.75, 3.05) is 13.2 Å². The van der Waals surface area contributed by atoms with Gasteiger partial charge in [-0.3, -0.25) is 0 Å². The first kappa shape index (κ1) is 12.6. The summed E-state index contributed by atoms with van der Waals surface area (Å²) >= 11 is 0. The lowest BCUT2D eigenvalue weighted by Gasteiger charge is -2.16. The Bertz CT molecular complexity index is 674. The van der Waals surface area contributed by atoms with Crippen molar-refractivity contribution < 1.29 is 4.74 Å². The minimum Gasteiger partial charge on any atom is -0.381 e. The standard InChI is InChI=1S/C20H18O/c1-3-15-7-9-19(15)17(5-1)11-13-21-14-12-18-6-2-4-16-8-10-20(16)18/h1-10H,11-14H2. The van der Waals surface area contributed by atoms with Crippen molar-refractivity contribution in [2.45, 2.75) is 12.8 Å². The Morgan fingerprint density at radius 3 is 1.57 bits per heavy atom. The van der Waals surface area contributed by atoms with Crippen molar-refractivity contribution in [1.82, 2.24) is 0 Å². The molecule has 0 radical (unpaired) electrons. The van der Waals surface area contributed by atoms with E-state index in [-0.39, 0.29) is 0 Å². The second-order valence-corrected chi connectivity index (χ2v) is 5.62. The molecular weight excluding hydrogens is 256 g/mol. The Kier molecular flexibility index (Phi) is 3.21. The molecule has 2 aromatic rings. The van der Waals surface area contributed by atoms with E-state index in [1.165, 1.54) is 33.4 Å². The molecule has 0 aliphatic heterocycles. The molecule has 104 valence electrons. The van der Waals surface area contributed by atoms with Crippen LogP contribution in [0.3, 0.4) is 0 Å². The highest BCUT2D eigenvalue weighted by Gasteiger charge is 2.11. The fourth-order valence-corrected chi connectivity index (χ4v) is 3.02. The number of hydrogen-bond acceptors (Lipinski definition) is 1. The van der Waals surface area contributed by atoms with Gasteiger partial charge in [0.25, 0.3) is 0 Å². The number of rotatable bonds is 6. The van der Waals surface area contributed by atoms with Crippen LogP contribution in [0.4, 0.5) is 0 Å². The van der Waals surface area contributed by atoms with Gasteiger partial charge in [-0.1, -0.05) is 60.7 Å². The molecule has 0 atom stereocenters. The van der Waals surface area contributed by atoms with Crippen molar-refractivity contribution in [3.8, 4) is 0 Å². The highest BCUT2D eigenvalue weighted by Crippen LogP contribution is 2.28. The molecule has 4 rings (SSSR count). The number of benzene rings is 2. The quantitative estimate of drug-likeness (QED) is 0.472. The van der Waals surface area contributed by atoms with Crippen LogP contribution >= 0.6 is 0 Å². The summed E-state index contributed by atoms with van der Waals surface area (Å²) in [6.45, 7) is 1.60. The summed E-state index contributed by atoms with van der Waals surface area (Å²) in [4.78, 5) is 0. The summed E-state index contributed by atoms with van der Waals surface area (Å²) in [6.07, 6.45) is 10.7. The third kappa shape index (κ3) is 2.34. The van der Waals surface area contributed by atoms with Gasteiger partial charge < -0.3 is 4.74 Å². The molecule has 0 bridgehead atoms. The van der Waals surface area contributed by atoms with Crippen molar-refractivity contribution in [3.05, 3.63) is 69.8 Å². The highest BCUT2D eigenvalue weighted by molar-refractivity contribution is 5.87. The third-order valence-electron chi connectivity index (χ3n) is 4.35. The molecule has 0 heterocycles. The van der Waals surface area contributed by atoms with E-state index < -0.39 is 0 Å². The lowest BCUT2D eigenvalue weighted by molar-refractivity contribution is 0.140. The maximum absolute atomic E-state index is 5.83. The second-order valence-electron chi connectivity index (χ2n) is 5.62. The summed E-state index contributed by atoms with van der Waals surface area (Å²) in [7, 11) is 0. The second kappa shape index (κ2) is 5.34. The molecule has 0 N–H and O–H groups in total. The van der Waals surface area contributed by atoms with E-state index in [0.29, 0.717) is 0 Å². The first-order chi connectivity index (χ1) is 10.4. The normalized spacial score (nSPS) is 13.3. The van der Waals surface area contributed by atoms with Crippen LogP contribution in [0, 0.1) is 0 Å². The van der Waals surface area contributed by atoms with Gasteiger partial charge in [-0.05, 0) is 46.2 Å². The van der Waals surface area contributed by atoms with E-state index in [9.17, 15) is 0 Å². The Labute approximate surface area is 125 Å². The van der Waals surface area contributed by atoms with Crippen molar-refractivity contribution in [3.63, 3.8) is 0 Å². The van der Waals surface area contributed by atoms with Gasteiger partial charge >= 0.3 is 0 Å². The summed E-state index contributed by atoms with van der Waals surface area (Å²) in [6, 6.07) is 13.0. The fraction of sp³-hybridized carbons (Fsp3) is 0.200. The Hall–Kier alpha value is -2.12. The molecule has 1 heteroatoms. The average Bonchev–Trinajstić information content (AvgIpc) is 2.42. The van der Waals surface area contributed by atoms with Crippen LogP contribution < -0.4 is 0 Å². The average molecular weight is 274 g/mol. The molecule has 2 aliphatic carbocycles. The predicted molar refractivity (Wildman–Crippen MR) is 89.0 cm³/mol. The van der Waals surface area contributed by atoms with Gasteiger partial charge in [0.15, 0.2) is 0 Å². The van der Waals surface area contributed by atoms with Gasteiger partial charge in [-0.2, -0.15) is 0 Å². The van der Waals surface area contributed by atoms with Gasteiger partial charge in [0, 0.05) is 0 Å². The summed E-state index contributed by atoms with van der Waals surface area (Å²) in [5.74, 6) is 0. The lowest BCUT2D eigenvalue weighted by atomic mass is 9.91. The van der Waals surface area contributed by atoms with Gasteiger partial charge in [-0.15, -0.1) is 0 Å². The van der Waals surface area contributed by atoms with Crippen LogP contribution in [0.15, 0.2) is 36.4 Å². The van der Waals surface area contributed by atoms with Crippen LogP contribution in [0.5, 0.6) is 0 Å². The maximum atomic E-state index is 5.83. The zero-order valence-corrected chi connectivity index (χ0v) is 12.0. The number of ether oxygens (including phenoxy) is 1. The van der Waals surface area contributed by atoms with E-state index >= 15 is 0 Å². The molecule has 1 nitrogen and oxygen atoms in total. The highest BCUT2D eigenvalue weighted by atomic mass is 16.5. The van der Waals surface area contributed by atoms with Crippen LogP contribution in [0.25, 0.3) is 24.3 Å². The molecule has 0 spiro atoms. The van der Waals surface area contributed by atoms with Gasteiger partial charge in [-0.25, -0.2) is 0 Å². The first-order valence-electron chi connectivity index (χ1n) is 7.59. The number of fused-ring (bicyclic) bond motifs is 2. The molecule has 0 aromatic heterocycles. The molecule has 0 saturated carbocycles. The predicted octanol–water partition coefficient (Wildman–Crippen LogP) is 4.46. The number of hydrogen-bond donors (Lipinski definition) is 0. The first-order valence-corrected chi connectivity index (χ1v) is 7.59. The monoisotopic (exact) mass is 274 g/mol. The third-order valence-corrected chi connectivity index (χ3v) is 4.35. The molecule has 2 aliphatic rings. The Morgan fingerprint density at radius 1 is 0.619 bits per heavy atom. The van der Waals surface area contributed by atoms with E-state index in [0.717, 1.165) is 26.1 Å². The SMILES string of the molecule is C1=Cc2c1cccc2CCOCCc1cccc2c1C=C2. The minimum atomic E-state index is 0.801. The molecular formula is C20H18O. The van der Waals surface area contributed by atoms with E-state index in [1.54, 1.807) is 0 Å². The molecule has 0 unspecified atom stereocenters. The van der Waals surface area contributed by atoms with Crippen molar-refractivity contribution >= 4 is 24.3 Å². The van der Waals surface area contributed by atoms with E-state index in [2.05, 4.69) is 60.7 Å². The summed E-state index contributed by atoms with van der Waals surface area (Å²) in [5.41, 5.74) is 8.33. The Morgan fingerprint density at radius 2 is 1.14 bits per heavy atom.